The molecule has 0 saturated heterocycles. The Bertz CT molecular complexity index is 642. The number of hydrogen-bond donors (Lipinski definition) is 1. The van der Waals surface area contributed by atoms with Crippen LogP contribution in [0.4, 0.5) is 5.69 Å². The van der Waals surface area contributed by atoms with Gasteiger partial charge in [-0.3, -0.25) is 10.1 Å². The molecule has 0 bridgehead atoms. The zero-order chi connectivity index (χ0) is 13.8. The van der Waals surface area contributed by atoms with Gasteiger partial charge in [-0.05, 0) is 12.1 Å². The number of benzene rings is 1. The highest BCUT2D eigenvalue weighted by atomic mass is 16.6. The fraction of sp³-hybridized carbons (Fsp3) is 0. The summed E-state index contributed by atoms with van der Waals surface area (Å²) in [5.74, 6) is -0.996. The van der Waals surface area contributed by atoms with Crippen molar-refractivity contribution in [1.82, 2.24) is 4.98 Å². The van der Waals surface area contributed by atoms with Gasteiger partial charge in [0.25, 0.3) is 0 Å². The second kappa shape index (κ2) is 5.13. The van der Waals surface area contributed by atoms with Crippen molar-refractivity contribution in [3.05, 3.63) is 58.4 Å². The van der Waals surface area contributed by atoms with Crippen LogP contribution in [0.1, 0.15) is 10.5 Å². The molecule has 0 radical (unpaired) electrons. The maximum atomic E-state index is 10.8. The Hall–Kier alpha value is -2.96. The minimum absolute atomic E-state index is 0.0371. The Balaban J connectivity index is 2.34. The standard InChI is InChI=1S/C12H8N2O5/c15-12(16)9-7-8(5-6-13-9)19-11-4-2-1-3-10(11)14(17)18/h1-7H,(H,15,16). The van der Waals surface area contributed by atoms with E-state index in [1.807, 2.05) is 0 Å². The Morgan fingerprint density at radius 2 is 2.05 bits per heavy atom. The molecule has 0 amide bonds. The quantitative estimate of drug-likeness (QED) is 0.669. The lowest BCUT2D eigenvalue weighted by atomic mass is 10.3. The number of ether oxygens (including phenoxy) is 1. The molecule has 1 aromatic heterocycles. The summed E-state index contributed by atoms with van der Waals surface area (Å²) in [4.78, 5) is 24.6. The van der Waals surface area contributed by atoms with Crippen LogP contribution in [0.5, 0.6) is 11.5 Å². The van der Waals surface area contributed by atoms with Crippen LogP contribution in [0.15, 0.2) is 42.6 Å². The zero-order valence-corrected chi connectivity index (χ0v) is 9.52. The Morgan fingerprint density at radius 1 is 1.32 bits per heavy atom. The lowest BCUT2D eigenvalue weighted by Crippen LogP contribution is -2.00. The van der Waals surface area contributed by atoms with Gasteiger partial charge in [-0.25, -0.2) is 9.78 Å². The molecule has 0 unspecified atom stereocenters. The summed E-state index contributed by atoms with van der Waals surface area (Å²) in [6.07, 6.45) is 1.26. The molecule has 7 nitrogen and oxygen atoms in total. The molecular weight excluding hydrogens is 252 g/mol. The topological polar surface area (TPSA) is 103 Å². The third-order valence-electron chi connectivity index (χ3n) is 2.24. The highest BCUT2D eigenvalue weighted by Crippen LogP contribution is 2.30. The van der Waals surface area contributed by atoms with Gasteiger partial charge in [0.05, 0.1) is 4.92 Å². The number of nitro benzene ring substituents is 1. The van der Waals surface area contributed by atoms with Crippen molar-refractivity contribution < 1.29 is 19.6 Å². The summed E-state index contributed by atoms with van der Waals surface area (Å²) >= 11 is 0. The van der Waals surface area contributed by atoms with Gasteiger partial charge in [-0.1, -0.05) is 12.1 Å². The summed E-state index contributed by atoms with van der Waals surface area (Å²) in [6, 6.07) is 8.44. The third kappa shape index (κ3) is 2.83. The first kappa shape index (κ1) is 12.5. The summed E-state index contributed by atoms with van der Waals surface area (Å²) in [5.41, 5.74) is -0.396. The van der Waals surface area contributed by atoms with Crippen molar-refractivity contribution in [2.75, 3.05) is 0 Å². The van der Waals surface area contributed by atoms with Gasteiger partial charge in [0, 0.05) is 18.3 Å². The molecule has 1 N–H and O–H groups in total. The molecule has 7 heteroatoms. The average Bonchev–Trinajstić information content (AvgIpc) is 2.39. The van der Waals surface area contributed by atoms with Gasteiger partial charge >= 0.3 is 11.7 Å². The van der Waals surface area contributed by atoms with Gasteiger partial charge in [-0.15, -0.1) is 0 Å². The number of aromatic carboxylic acids is 1. The van der Waals surface area contributed by atoms with Crippen LogP contribution in [-0.2, 0) is 0 Å². The van der Waals surface area contributed by atoms with Gasteiger partial charge in [0.15, 0.2) is 5.69 Å². The Morgan fingerprint density at radius 3 is 2.74 bits per heavy atom. The van der Waals surface area contributed by atoms with E-state index in [0.717, 1.165) is 0 Å². The Labute approximate surface area is 107 Å². The molecule has 0 spiro atoms. The molecule has 1 aromatic carbocycles. The van der Waals surface area contributed by atoms with E-state index in [1.165, 1.54) is 36.5 Å². The number of nitro groups is 1. The minimum atomic E-state index is -1.20. The molecule has 0 atom stereocenters. The van der Waals surface area contributed by atoms with Crippen LogP contribution >= 0.6 is 0 Å². The second-order valence-electron chi connectivity index (χ2n) is 3.51. The van der Waals surface area contributed by atoms with Gasteiger partial charge in [0.2, 0.25) is 5.75 Å². The number of carbonyl (C=O) groups is 1. The molecule has 0 aliphatic rings. The number of nitrogens with zero attached hydrogens (tertiary/aromatic N) is 2. The van der Waals surface area contributed by atoms with Crippen LogP contribution in [0.25, 0.3) is 0 Å². The average molecular weight is 260 g/mol. The largest absolute Gasteiger partial charge is 0.477 e. The van der Waals surface area contributed by atoms with Crippen molar-refractivity contribution in [2.45, 2.75) is 0 Å². The molecule has 0 fully saturated rings. The van der Waals surface area contributed by atoms with E-state index in [-0.39, 0.29) is 22.9 Å². The fourth-order valence-electron chi connectivity index (χ4n) is 1.41. The maximum absolute atomic E-state index is 10.8. The highest BCUT2D eigenvalue weighted by Gasteiger charge is 2.15. The lowest BCUT2D eigenvalue weighted by Gasteiger charge is -2.06. The first-order chi connectivity index (χ1) is 9.08. The Kier molecular flexibility index (Phi) is 3.37. The summed E-state index contributed by atoms with van der Waals surface area (Å²) in [7, 11) is 0. The molecule has 0 aliphatic heterocycles. The van der Waals surface area contributed by atoms with E-state index in [0.29, 0.717) is 0 Å². The van der Waals surface area contributed by atoms with E-state index in [4.69, 9.17) is 9.84 Å². The molecule has 1 heterocycles. The first-order valence-corrected chi connectivity index (χ1v) is 5.18. The molecule has 0 saturated carbocycles. The van der Waals surface area contributed by atoms with Crippen molar-refractivity contribution in [3.63, 3.8) is 0 Å². The van der Waals surface area contributed by atoms with Crippen LogP contribution < -0.4 is 4.74 Å². The molecule has 19 heavy (non-hydrogen) atoms. The minimum Gasteiger partial charge on any atom is -0.477 e. The number of carboxylic acids is 1. The smallest absolute Gasteiger partial charge is 0.354 e. The molecule has 96 valence electrons. The normalized spacial score (nSPS) is 9.89. The van der Waals surface area contributed by atoms with E-state index in [1.54, 1.807) is 6.07 Å². The number of para-hydroxylation sites is 2. The molecular formula is C12H8N2O5. The van der Waals surface area contributed by atoms with Crippen LogP contribution in [-0.4, -0.2) is 21.0 Å². The third-order valence-corrected chi connectivity index (χ3v) is 2.24. The SMILES string of the molecule is O=C(O)c1cc(Oc2ccccc2[N+](=O)[O-])ccn1. The van der Waals surface area contributed by atoms with E-state index in [9.17, 15) is 14.9 Å². The number of pyridine rings is 1. The molecule has 0 aliphatic carbocycles. The van der Waals surface area contributed by atoms with Crippen molar-refractivity contribution in [3.8, 4) is 11.5 Å². The summed E-state index contributed by atoms with van der Waals surface area (Å²) < 4.78 is 5.32. The van der Waals surface area contributed by atoms with E-state index < -0.39 is 10.9 Å². The van der Waals surface area contributed by atoms with Crippen molar-refractivity contribution >= 4 is 11.7 Å². The number of aromatic nitrogens is 1. The monoisotopic (exact) mass is 260 g/mol. The van der Waals surface area contributed by atoms with Crippen LogP contribution in [0.3, 0.4) is 0 Å². The predicted octanol–water partition coefficient (Wildman–Crippen LogP) is 2.48. The van der Waals surface area contributed by atoms with Crippen molar-refractivity contribution in [2.24, 2.45) is 0 Å². The maximum Gasteiger partial charge on any atom is 0.354 e. The van der Waals surface area contributed by atoms with Crippen molar-refractivity contribution in [1.29, 1.82) is 0 Å². The van der Waals surface area contributed by atoms with Gasteiger partial charge in [-0.2, -0.15) is 0 Å². The first-order valence-electron chi connectivity index (χ1n) is 5.18. The number of hydrogen-bond acceptors (Lipinski definition) is 5. The van der Waals surface area contributed by atoms with E-state index >= 15 is 0 Å². The van der Waals surface area contributed by atoms with E-state index in [2.05, 4.69) is 4.98 Å². The van der Waals surface area contributed by atoms with Gasteiger partial charge < -0.3 is 9.84 Å². The fourth-order valence-corrected chi connectivity index (χ4v) is 1.41. The lowest BCUT2D eigenvalue weighted by molar-refractivity contribution is -0.385. The van der Waals surface area contributed by atoms with Gasteiger partial charge in [0.1, 0.15) is 5.75 Å². The number of carboxylic acid groups (broad SMARTS) is 1. The second-order valence-corrected chi connectivity index (χ2v) is 3.51. The van der Waals surface area contributed by atoms with Crippen LogP contribution in [0, 0.1) is 10.1 Å². The molecule has 2 aromatic rings. The number of rotatable bonds is 4. The summed E-state index contributed by atoms with van der Waals surface area (Å²) in [5, 5.41) is 19.6. The highest BCUT2D eigenvalue weighted by molar-refractivity contribution is 5.85. The predicted molar refractivity (Wildman–Crippen MR) is 64.4 cm³/mol. The zero-order valence-electron chi connectivity index (χ0n) is 9.52. The molecule has 2 rings (SSSR count). The summed E-state index contributed by atoms with van der Waals surface area (Å²) in [6.45, 7) is 0. The van der Waals surface area contributed by atoms with Crippen LogP contribution in [0.2, 0.25) is 0 Å².